The highest BCUT2D eigenvalue weighted by Crippen LogP contribution is 2.26. The smallest absolute Gasteiger partial charge is 0.254 e. The summed E-state index contributed by atoms with van der Waals surface area (Å²) in [5, 5.41) is 4.32. The van der Waals surface area contributed by atoms with Gasteiger partial charge in [0.15, 0.2) is 0 Å². The SMILES string of the molecule is Cc1cc(N2CCCC2Cn2ccnc2)n2ncnc2n1. The van der Waals surface area contributed by atoms with Gasteiger partial charge in [-0.2, -0.15) is 14.6 Å². The van der Waals surface area contributed by atoms with Gasteiger partial charge >= 0.3 is 0 Å². The van der Waals surface area contributed by atoms with Crippen LogP contribution in [0.25, 0.3) is 5.78 Å². The van der Waals surface area contributed by atoms with Gasteiger partial charge in [0.05, 0.1) is 6.33 Å². The predicted octanol–water partition coefficient (Wildman–Crippen LogP) is 1.30. The van der Waals surface area contributed by atoms with E-state index < -0.39 is 0 Å². The van der Waals surface area contributed by atoms with E-state index in [2.05, 4.69) is 35.6 Å². The zero-order valence-electron chi connectivity index (χ0n) is 11.9. The molecule has 1 saturated heterocycles. The van der Waals surface area contributed by atoms with Crippen LogP contribution in [0, 0.1) is 6.92 Å². The number of nitrogens with zero attached hydrogens (tertiary/aromatic N) is 7. The second kappa shape index (κ2) is 4.83. The summed E-state index contributed by atoms with van der Waals surface area (Å²) >= 11 is 0. The summed E-state index contributed by atoms with van der Waals surface area (Å²) in [6.45, 7) is 3.98. The van der Waals surface area contributed by atoms with Crippen molar-refractivity contribution < 1.29 is 0 Å². The fourth-order valence-electron chi connectivity index (χ4n) is 3.08. The van der Waals surface area contributed by atoms with Crippen LogP contribution in [-0.2, 0) is 6.54 Å². The van der Waals surface area contributed by atoms with Crippen molar-refractivity contribution in [3.8, 4) is 0 Å². The Balaban J connectivity index is 1.71. The third-order valence-corrected chi connectivity index (χ3v) is 4.01. The van der Waals surface area contributed by atoms with E-state index >= 15 is 0 Å². The van der Waals surface area contributed by atoms with Crippen molar-refractivity contribution in [2.75, 3.05) is 11.4 Å². The van der Waals surface area contributed by atoms with Crippen molar-refractivity contribution in [3.05, 3.63) is 36.8 Å². The molecule has 0 spiro atoms. The van der Waals surface area contributed by atoms with Gasteiger partial charge in [0.1, 0.15) is 12.1 Å². The molecule has 4 heterocycles. The second-order valence-corrected chi connectivity index (χ2v) is 5.48. The maximum Gasteiger partial charge on any atom is 0.254 e. The average molecular weight is 283 g/mol. The first kappa shape index (κ1) is 12.3. The molecule has 1 fully saturated rings. The molecule has 3 aromatic rings. The molecule has 21 heavy (non-hydrogen) atoms. The lowest BCUT2D eigenvalue weighted by atomic mass is 10.2. The van der Waals surface area contributed by atoms with Gasteiger partial charge in [0.2, 0.25) is 0 Å². The molecule has 0 aliphatic carbocycles. The van der Waals surface area contributed by atoms with Gasteiger partial charge in [-0.15, -0.1) is 0 Å². The van der Waals surface area contributed by atoms with Gasteiger partial charge in [-0.3, -0.25) is 0 Å². The molecule has 0 aromatic carbocycles. The van der Waals surface area contributed by atoms with Crippen LogP contribution in [0.1, 0.15) is 18.5 Å². The zero-order valence-corrected chi connectivity index (χ0v) is 11.9. The number of hydrogen-bond acceptors (Lipinski definition) is 5. The number of aromatic nitrogens is 6. The third kappa shape index (κ3) is 2.14. The first-order chi connectivity index (χ1) is 10.3. The quantitative estimate of drug-likeness (QED) is 0.725. The minimum Gasteiger partial charge on any atom is -0.352 e. The summed E-state index contributed by atoms with van der Waals surface area (Å²) in [6, 6.07) is 2.54. The van der Waals surface area contributed by atoms with Crippen LogP contribution in [0.4, 0.5) is 5.82 Å². The van der Waals surface area contributed by atoms with Gasteiger partial charge in [-0.25, -0.2) is 9.97 Å². The molecular weight excluding hydrogens is 266 g/mol. The number of aryl methyl sites for hydroxylation is 1. The third-order valence-electron chi connectivity index (χ3n) is 4.01. The highest BCUT2D eigenvalue weighted by atomic mass is 15.4. The maximum atomic E-state index is 4.42. The van der Waals surface area contributed by atoms with Gasteiger partial charge < -0.3 is 9.47 Å². The van der Waals surface area contributed by atoms with E-state index in [-0.39, 0.29) is 0 Å². The molecule has 7 heteroatoms. The Kier molecular flexibility index (Phi) is 2.83. The fraction of sp³-hybridized carbons (Fsp3) is 0.429. The lowest BCUT2D eigenvalue weighted by Gasteiger charge is -2.27. The Morgan fingerprint density at radius 3 is 3.19 bits per heavy atom. The van der Waals surface area contributed by atoms with Crippen molar-refractivity contribution in [3.63, 3.8) is 0 Å². The number of rotatable bonds is 3. The van der Waals surface area contributed by atoms with E-state index in [4.69, 9.17) is 0 Å². The summed E-state index contributed by atoms with van der Waals surface area (Å²) in [7, 11) is 0. The molecule has 0 N–H and O–H groups in total. The van der Waals surface area contributed by atoms with Crippen LogP contribution >= 0.6 is 0 Å². The van der Waals surface area contributed by atoms with E-state index in [0.717, 1.165) is 24.6 Å². The Bertz CT molecular complexity index is 746. The van der Waals surface area contributed by atoms with Crippen molar-refractivity contribution in [1.29, 1.82) is 0 Å². The lowest BCUT2D eigenvalue weighted by Crippen LogP contribution is -2.34. The molecular formula is C14H17N7. The zero-order chi connectivity index (χ0) is 14.2. The monoisotopic (exact) mass is 283 g/mol. The lowest BCUT2D eigenvalue weighted by molar-refractivity contribution is 0.544. The number of fused-ring (bicyclic) bond motifs is 1. The van der Waals surface area contributed by atoms with E-state index in [0.29, 0.717) is 11.8 Å². The predicted molar refractivity (Wildman–Crippen MR) is 78.1 cm³/mol. The van der Waals surface area contributed by atoms with Crippen LogP contribution in [0.3, 0.4) is 0 Å². The molecule has 7 nitrogen and oxygen atoms in total. The molecule has 0 bridgehead atoms. The minimum atomic E-state index is 0.452. The van der Waals surface area contributed by atoms with Crippen LogP contribution in [0.2, 0.25) is 0 Å². The summed E-state index contributed by atoms with van der Waals surface area (Å²) in [5.74, 6) is 1.75. The molecule has 0 amide bonds. The maximum absolute atomic E-state index is 4.42. The molecule has 3 aromatic heterocycles. The van der Waals surface area contributed by atoms with Crippen molar-refractivity contribution in [2.45, 2.75) is 32.4 Å². The number of anilines is 1. The van der Waals surface area contributed by atoms with Gasteiger partial charge in [-0.1, -0.05) is 0 Å². The molecule has 0 saturated carbocycles. The summed E-state index contributed by atoms with van der Waals surface area (Å²) in [6.07, 6.45) is 9.64. The number of imidazole rings is 1. The summed E-state index contributed by atoms with van der Waals surface area (Å²) in [5.41, 5.74) is 0.971. The topological polar surface area (TPSA) is 64.1 Å². The Hall–Kier alpha value is -2.44. The Morgan fingerprint density at radius 1 is 1.38 bits per heavy atom. The fourth-order valence-corrected chi connectivity index (χ4v) is 3.08. The highest BCUT2D eigenvalue weighted by Gasteiger charge is 2.27. The van der Waals surface area contributed by atoms with Crippen molar-refractivity contribution in [1.82, 2.24) is 29.1 Å². The molecule has 4 rings (SSSR count). The second-order valence-electron chi connectivity index (χ2n) is 5.48. The normalized spacial score (nSPS) is 18.7. The molecule has 1 aliphatic rings. The average Bonchev–Trinajstić information content (AvgIpc) is 3.18. The summed E-state index contributed by atoms with van der Waals surface area (Å²) < 4.78 is 3.97. The molecule has 108 valence electrons. The van der Waals surface area contributed by atoms with Gasteiger partial charge in [0, 0.05) is 43.3 Å². The standard InChI is InChI=1S/C14H17N7/c1-11-7-13(21-14(18-11)16-9-17-21)20-5-2-3-12(20)8-19-6-4-15-10-19/h4,6-7,9-10,12H,2-3,5,8H2,1H3. The van der Waals surface area contributed by atoms with Crippen LogP contribution in [0.15, 0.2) is 31.1 Å². The Morgan fingerprint density at radius 2 is 2.33 bits per heavy atom. The van der Waals surface area contributed by atoms with Crippen molar-refractivity contribution in [2.24, 2.45) is 0 Å². The van der Waals surface area contributed by atoms with Gasteiger partial charge in [0.25, 0.3) is 5.78 Å². The van der Waals surface area contributed by atoms with Crippen LogP contribution in [0.5, 0.6) is 0 Å². The molecule has 0 radical (unpaired) electrons. The molecule has 1 aliphatic heterocycles. The van der Waals surface area contributed by atoms with Crippen molar-refractivity contribution >= 4 is 11.6 Å². The van der Waals surface area contributed by atoms with E-state index in [1.807, 2.05) is 30.2 Å². The van der Waals surface area contributed by atoms with Crippen LogP contribution in [-0.4, -0.2) is 41.7 Å². The first-order valence-electron chi connectivity index (χ1n) is 7.21. The highest BCUT2D eigenvalue weighted by molar-refractivity contribution is 5.48. The van der Waals surface area contributed by atoms with E-state index in [9.17, 15) is 0 Å². The largest absolute Gasteiger partial charge is 0.352 e. The van der Waals surface area contributed by atoms with E-state index in [1.165, 1.54) is 12.8 Å². The first-order valence-corrected chi connectivity index (χ1v) is 7.21. The van der Waals surface area contributed by atoms with Gasteiger partial charge in [-0.05, 0) is 19.8 Å². The van der Waals surface area contributed by atoms with E-state index in [1.54, 1.807) is 6.33 Å². The number of hydrogen-bond donors (Lipinski definition) is 0. The Labute approximate surface area is 122 Å². The minimum absolute atomic E-state index is 0.452. The molecule has 1 unspecified atom stereocenters. The molecule has 1 atom stereocenters. The van der Waals surface area contributed by atoms with Crippen LogP contribution < -0.4 is 4.90 Å². The summed E-state index contributed by atoms with van der Waals surface area (Å²) in [4.78, 5) is 15.2.